The summed E-state index contributed by atoms with van der Waals surface area (Å²) in [6, 6.07) is 0. The van der Waals surface area contributed by atoms with Gasteiger partial charge in [-0.1, -0.05) is 69.8 Å². The normalized spacial score (nSPS) is 15.0. The molecule has 3 nitrogen and oxygen atoms in total. The Morgan fingerprint density at radius 1 is 0.920 bits per heavy atom. The largest absolute Gasteiger partial charge is 0.357 e. The van der Waals surface area contributed by atoms with Crippen molar-refractivity contribution in [3.63, 3.8) is 0 Å². The van der Waals surface area contributed by atoms with Gasteiger partial charge in [-0.2, -0.15) is 0 Å². The molecule has 2 N–H and O–H groups in total. The molecule has 0 aromatic carbocycles. The van der Waals surface area contributed by atoms with Crippen LogP contribution in [0.4, 0.5) is 0 Å². The first-order valence-corrected chi connectivity index (χ1v) is 10.7. The van der Waals surface area contributed by atoms with Gasteiger partial charge in [-0.25, -0.2) is 0 Å². The summed E-state index contributed by atoms with van der Waals surface area (Å²) in [4.78, 5) is 6.95. The van der Waals surface area contributed by atoms with E-state index in [1.807, 2.05) is 0 Å². The van der Waals surface area contributed by atoms with Crippen LogP contribution in [0.25, 0.3) is 0 Å². The average molecular weight is 348 g/mol. The van der Waals surface area contributed by atoms with Crippen LogP contribution in [0.5, 0.6) is 0 Å². The molecular weight excluding hydrogens is 306 g/mol. The van der Waals surface area contributed by atoms with Gasteiger partial charge >= 0.3 is 0 Å². The van der Waals surface area contributed by atoms with Gasteiger partial charge in [-0.05, 0) is 32.1 Å². The molecule has 0 radical (unpaired) electrons. The monoisotopic (exact) mass is 347 g/mol. The zero-order chi connectivity index (χ0) is 18.0. The lowest BCUT2D eigenvalue weighted by Crippen LogP contribution is -2.32. The van der Waals surface area contributed by atoms with Gasteiger partial charge in [0.2, 0.25) is 0 Å². The minimum atomic E-state index is 0.729. The van der Waals surface area contributed by atoms with Crippen molar-refractivity contribution in [1.29, 1.82) is 0 Å². The maximum absolute atomic E-state index is 5.64. The Morgan fingerprint density at radius 3 is 2.24 bits per heavy atom. The van der Waals surface area contributed by atoms with Gasteiger partial charge < -0.3 is 10.6 Å². The Morgan fingerprint density at radius 2 is 1.56 bits per heavy atom. The Labute approximate surface area is 156 Å². The van der Waals surface area contributed by atoms with Gasteiger partial charge in [0.05, 0.1) is 12.4 Å². The standard InChI is InChI=1S/C22H41N3/c1-2-3-4-5-6-7-8-9-10-11-12-13-14-15-16-17-22-24-19-21-25(22)20-18-23/h10-13H,2-9,14-21,23H2,1H3. The second kappa shape index (κ2) is 16.4. The molecule has 1 heterocycles. The fourth-order valence-electron chi connectivity index (χ4n) is 3.28. The highest BCUT2D eigenvalue weighted by molar-refractivity contribution is 5.83. The number of allylic oxidation sites excluding steroid dienone is 4. The van der Waals surface area contributed by atoms with Crippen molar-refractivity contribution in [1.82, 2.24) is 4.90 Å². The van der Waals surface area contributed by atoms with Crippen LogP contribution >= 0.6 is 0 Å². The highest BCUT2D eigenvalue weighted by Gasteiger charge is 2.14. The lowest BCUT2D eigenvalue weighted by atomic mass is 10.1. The number of aliphatic imine (C=N–C) groups is 1. The Hall–Kier alpha value is -1.09. The van der Waals surface area contributed by atoms with Crippen molar-refractivity contribution in [3.05, 3.63) is 24.3 Å². The first-order chi connectivity index (χ1) is 12.4. The minimum absolute atomic E-state index is 0.729. The van der Waals surface area contributed by atoms with Crippen LogP contribution in [-0.4, -0.2) is 36.9 Å². The molecule has 144 valence electrons. The molecule has 0 atom stereocenters. The summed E-state index contributed by atoms with van der Waals surface area (Å²) in [5, 5.41) is 0. The van der Waals surface area contributed by atoms with Crippen molar-refractivity contribution < 1.29 is 0 Å². The zero-order valence-corrected chi connectivity index (χ0v) is 16.6. The van der Waals surface area contributed by atoms with Gasteiger partial charge in [0.15, 0.2) is 0 Å². The third-order valence-electron chi connectivity index (χ3n) is 4.81. The molecule has 1 aliphatic heterocycles. The lowest BCUT2D eigenvalue weighted by molar-refractivity contribution is 0.457. The van der Waals surface area contributed by atoms with E-state index in [2.05, 4.69) is 41.1 Å². The van der Waals surface area contributed by atoms with Crippen LogP contribution in [0.2, 0.25) is 0 Å². The SMILES string of the molecule is CCCCCCCCCC=CC=CCCCCC1=NCCN1CCN. The van der Waals surface area contributed by atoms with Crippen LogP contribution in [0.1, 0.15) is 84.0 Å². The molecule has 25 heavy (non-hydrogen) atoms. The molecule has 0 bridgehead atoms. The molecule has 0 saturated carbocycles. The van der Waals surface area contributed by atoms with Gasteiger partial charge in [0.25, 0.3) is 0 Å². The molecule has 3 heteroatoms. The van der Waals surface area contributed by atoms with E-state index in [4.69, 9.17) is 5.73 Å². The Kier molecular flexibility index (Phi) is 14.4. The summed E-state index contributed by atoms with van der Waals surface area (Å²) in [6.45, 7) is 5.99. The maximum Gasteiger partial charge on any atom is 0.0990 e. The van der Waals surface area contributed by atoms with Gasteiger partial charge in [0.1, 0.15) is 0 Å². The van der Waals surface area contributed by atoms with E-state index in [-0.39, 0.29) is 0 Å². The van der Waals surface area contributed by atoms with Crippen LogP contribution in [0.3, 0.4) is 0 Å². The van der Waals surface area contributed by atoms with Crippen LogP contribution < -0.4 is 5.73 Å². The molecule has 1 aliphatic rings. The van der Waals surface area contributed by atoms with Crippen molar-refractivity contribution in [2.75, 3.05) is 26.2 Å². The third-order valence-corrected chi connectivity index (χ3v) is 4.81. The Balaban J connectivity index is 1.89. The van der Waals surface area contributed by atoms with Crippen LogP contribution in [0.15, 0.2) is 29.3 Å². The highest BCUT2D eigenvalue weighted by Crippen LogP contribution is 2.10. The second-order valence-electron chi connectivity index (χ2n) is 7.09. The lowest BCUT2D eigenvalue weighted by Gasteiger charge is -2.19. The third kappa shape index (κ3) is 12.0. The molecule has 0 aliphatic carbocycles. The topological polar surface area (TPSA) is 41.6 Å². The predicted octanol–water partition coefficient (Wildman–Crippen LogP) is 5.47. The second-order valence-corrected chi connectivity index (χ2v) is 7.09. The summed E-state index contributed by atoms with van der Waals surface area (Å²) < 4.78 is 0. The maximum atomic E-state index is 5.64. The molecule has 0 fully saturated rings. The first kappa shape index (κ1) is 22.0. The van der Waals surface area contributed by atoms with E-state index in [0.29, 0.717) is 0 Å². The van der Waals surface area contributed by atoms with E-state index < -0.39 is 0 Å². The summed E-state index contributed by atoms with van der Waals surface area (Å²) >= 11 is 0. The fourth-order valence-corrected chi connectivity index (χ4v) is 3.28. The number of nitrogens with two attached hydrogens (primary N) is 1. The van der Waals surface area contributed by atoms with Gasteiger partial charge in [0, 0.05) is 26.1 Å². The van der Waals surface area contributed by atoms with E-state index in [9.17, 15) is 0 Å². The fraction of sp³-hybridized carbons (Fsp3) is 0.773. The predicted molar refractivity (Wildman–Crippen MR) is 112 cm³/mol. The summed E-state index contributed by atoms with van der Waals surface area (Å²) in [5.41, 5.74) is 5.64. The molecule has 0 unspecified atom stereocenters. The van der Waals surface area contributed by atoms with Crippen molar-refractivity contribution >= 4 is 5.84 Å². The highest BCUT2D eigenvalue weighted by atomic mass is 15.2. The van der Waals surface area contributed by atoms with E-state index in [0.717, 1.165) is 32.6 Å². The molecule has 0 spiro atoms. The molecule has 0 aromatic rings. The first-order valence-electron chi connectivity index (χ1n) is 10.7. The number of hydrogen-bond donors (Lipinski definition) is 1. The quantitative estimate of drug-likeness (QED) is 0.297. The Bertz CT molecular complexity index is 385. The molecular formula is C22H41N3. The number of rotatable bonds is 16. The summed E-state index contributed by atoms with van der Waals surface area (Å²) in [6.07, 6.45) is 24.8. The number of nitrogens with zero attached hydrogens (tertiary/aromatic N) is 2. The number of unbranched alkanes of at least 4 members (excludes halogenated alkanes) is 9. The minimum Gasteiger partial charge on any atom is -0.357 e. The summed E-state index contributed by atoms with van der Waals surface area (Å²) in [5.74, 6) is 1.28. The van der Waals surface area contributed by atoms with E-state index in [1.165, 1.54) is 76.5 Å². The van der Waals surface area contributed by atoms with E-state index in [1.54, 1.807) is 0 Å². The molecule has 0 aromatic heterocycles. The number of amidine groups is 1. The number of hydrogen-bond acceptors (Lipinski definition) is 3. The summed E-state index contributed by atoms with van der Waals surface area (Å²) in [7, 11) is 0. The van der Waals surface area contributed by atoms with Crippen molar-refractivity contribution in [2.45, 2.75) is 84.0 Å². The molecule has 1 rings (SSSR count). The van der Waals surface area contributed by atoms with Crippen LogP contribution in [0, 0.1) is 0 Å². The van der Waals surface area contributed by atoms with Crippen molar-refractivity contribution in [2.24, 2.45) is 10.7 Å². The average Bonchev–Trinajstić information content (AvgIpc) is 3.06. The zero-order valence-electron chi connectivity index (χ0n) is 16.6. The van der Waals surface area contributed by atoms with Gasteiger partial charge in [-0.3, -0.25) is 4.99 Å². The van der Waals surface area contributed by atoms with Gasteiger partial charge in [-0.15, -0.1) is 0 Å². The van der Waals surface area contributed by atoms with Crippen molar-refractivity contribution in [3.8, 4) is 0 Å². The smallest absolute Gasteiger partial charge is 0.0990 e. The van der Waals surface area contributed by atoms with Crippen LogP contribution in [-0.2, 0) is 0 Å². The van der Waals surface area contributed by atoms with E-state index >= 15 is 0 Å². The molecule has 0 amide bonds. The molecule has 0 saturated heterocycles.